The number of ether oxygens (including phenoxy) is 2. The molecular weight excluding hydrogens is 252 g/mol. The number of benzene rings is 1. The first kappa shape index (κ1) is 14.7. The van der Waals surface area contributed by atoms with E-state index in [1.807, 2.05) is 36.4 Å². The molecule has 1 fully saturated rings. The Hall–Kier alpha value is -1.68. The van der Waals surface area contributed by atoms with Crippen molar-refractivity contribution >= 4 is 0 Å². The molecule has 0 aromatic heterocycles. The van der Waals surface area contributed by atoms with Gasteiger partial charge < -0.3 is 14.6 Å². The standard InChI is InChI=1S/C17H20O3/c1-3-8-15(4-2)17(16-9-6-5-7-10-16)19-12-14(11-18)13-20-17/h3-10,14,18H,1-2,11-13H2/b15-8+. The summed E-state index contributed by atoms with van der Waals surface area (Å²) in [6.45, 7) is 8.49. The highest BCUT2D eigenvalue weighted by Crippen LogP contribution is 2.39. The van der Waals surface area contributed by atoms with E-state index in [0.29, 0.717) is 13.2 Å². The van der Waals surface area contributed by atoms with Crippen LogP contribution < -0.4 is 0 Å². The van der Waals surface area contributed by atoms with Crippen molar-refractivity contribution in [3.8, 4) is 0 Å². The predicted octanol–water partition coefficient (Wildman–Crippen LogP) is 2.79. The van der Waals surface area contributed by atoms with Crippen LogP contribution in [0.5, 0.6) is 0 Å². The monoisotopic (exact) mass is 272 g/mol. The van der Waals surface area contributed by atoms with E-state index in [1.54, 1.807) is 12.2 Å². The summed E-state index contributed by atoms with van der Waals surface area (Å²) in [7, 11) is 0. The molecule has 1 aromatic carbocycles. The SMILES string of the molecule is C=C/C=C(\C=C)C1(c2ccccc2)OCC(CO)CO1. The van der Waals surface area contributed by atoms with E-state index in [-0.39, 0.29) is 12.5 Å². The van der Waals surface area contributed by atoms with Gasteiger partial charge in [0, 0.05) is 17.1 Å². The summed E-state index contributed by atoms with van der Waals surface area (Å²) >= 11 is 0. The zero-order valence-corrected chi connectivity index (χ0v) is 11.5. The molecule has 0 bridgehead atoms. The Morgan fingerprint density at radius 1 is 1.25 bits per heavy atom. The van der Waals surface area contributed by atoms with Crippen LogP contribution in [-0.4, -0.2) is 24.9 Å². The Bertz CT molecular complexity index is 482. The lowest BCUT2D eigenvalue weighted by Gasteiger charge is -2.41. The first-order chi connectivity index (χ1) is 9.76. The number of aliphatic hydroxyl groups excluding tert-OH is 1. The molecule has 20 heavy (non-hydrogen) atoms. The molecule has 3 nitrogen and oxygen atoms in total. The lowest BCUT2D eigenvalue weighted by molar-refractivity contribution is -0.270. The maximum Gasteiger partial charge on any atom is 0.222 e. The second-order valence-corrected chi connectivity index (χ2v) is 4.72. The molecule has 0 amide bonds. The van der Waals surface area contributed by atoms with E-state index < -0.39 is 5.79 Å². The number of rotatable bonds is 5. The van der Waals surface area contributed by atoms with Crippen LogP contribution in [0.1, 0.15) is 5.56 Å². The van der Waals surface area contributed by atoms with E-state index >= 15 is 0 Å². The molecule has 1 aromatic rings. The third kappa shape index (κ3) is 2.75. The van der Waals surface area contributed by atoms with Gasteiger partial charge in [-0.25, -0.2) is 0 Å². The molecule has 106 valence electrons. The molecule has 3 heteroatoms. The molecule has 1 aliphatic rings. The van der Waals surface area contributed by atoms with E-state index in [4.69, 9.17) is 9.47 Å². The fourth-order valence-corrected chi connectivity index (χ4v) is 2.26. The van der Waals surface area contributed by atoms with Gasteiger partial charge in [-0.3, -0.25) is 0 Å². The third-order valence-electron chi connectivity index (χ3n) is 3.35. The Labute approximate surface area is 119 Å². The van der Waals surface area contributed by atoms with Crippen LogP contribution in [0.4, 0.5) is 0 Å². The third-order valence-corrected chi connectivity index (χ3v) is 3.35. The average Bonchev–Trinajstić information content (AvgIpc) is 2.53. The van der Waals surface area contributed by atoms with Gasteiger partial charge in [-0.15, -0.1) is 0 Å². The number of aliphatic hydroxyl groups is 1. The van der Waals surface area contributed by atoms with Crippen LogP contribution in [-0.2, 0) is 15.3 Å². The minimum Gasteiger partial charge on any atom is -0.396 e. The summed E-state index contributed by atoms with van der Waals surface area (Å²) in [5, 5.41) is 9.22. The average molecular weight is 272 g/mol. The van der Waals surface area contributed by atoms with Crippen LogP contribution in [0.15, 0.2) is 67.3 Å². The van der Waals surface area contributed by atoms with Gasteiger partial charge in [-0.2, -0.15) is 0 Å². The largest absolute Gasteiger partial charge is 0.396 e. The summed E-state index contributed by atoms with van der Waals surface area (Å²) in [5.74, 6) is -0.968. The number of allylic oxidation sites excluding steroid dienone is 2. The van der Waals surface area contributed by atoms with Gasteiger partial charge in [0.05, 0.1) is 19.8 Å². The molecule has 2 rings (SSSR count). The van der Waals surface area contributed by atoms with Crippen molar-refractivity contribution < 1.29 is 14.6 Å². The van der Waals surface area contributed by atoms with Gasteiger partial charge in [0.1, 0.15) is 0 Å². The molecule has 0 unspecified atom stereocenters. The van der Waals surface area contributed by atoms with Gasteiger partial charge in [0.2, 0.25) is 5.79 Å². The van der Waals surface area contributed by atoms with Gasteiger partial charge in [0.15, 0.2) is 0 Å². The summed E-state index contributed by atoms with van der Waals surface area (Å²) in [4.78, 5) is 0. The van der Waals surface area contributed by atoms with Crippen LogP contribution >= 0.6 is 0 Å². The Morgan fingerprint density at radius 2 is 1.90 bits per heavy atom. The van der Waals surface area contributed by atoms with E-state index in [2.05, 4.69) is 13.2 Å². The van der Waals surface area contributed by atoms with Crippen LogP contribution in [0.3, 0.4) is 0 Å². The number of hydrogen-bond donors (Lipinski definition) is 1. The molecule has 0 aliphatic carbocycles. The molecule has 0 radical (unpaired) electrons. The molecular formula is C17H20O3. The summed E-state index contributed by atoms with van der Waals surface area (Å²) in [5.41, 5.74) is 1.71. The van der Waals surface area contributed by atoms with E-state index in [9.17, 15) is 5.11 Å². The first-order valence-corrected chi connectivity index (χ1v) is 6.66. The smallest absolute Gasteiger partial charge is 0.222 e. The van der Waals surface area contributed by atoms with Crippen molar-refractivity contribution in [3.63, 3.8) is 0 Å². The topological polar surface area (TPSA) is 38.7 Å². The van der Waals surface area contributed by atoms with Crippen molar-refractivity contribution in [2.75, 3.05) is 19.8 Å². The van der Waals surface area contributed by atoms with Crippen molar-refractivity contribution in [1.82, 2.24) is 0 Å². The fourth-order valence-electron chi connectivity index (χ4n) is 2.26. The van der Waals surface area contributed by atoms with Gasteiger partial charge in [-0.1, -0.05) is 61.7 Å². The second-order valence-electron chi connectivity index (χ2n) is 4.72. The van der Waals surface area contributed by atoms with Crippen molar-refractivity contribution in [3.05, 3.63) is 72.9 Å². The highest BCUT2D eigenvalue weighted by atomic mass is 16.7. The number of hydrogen-bond acceptors (Lipinski definition) is 3. The lowest BCUT2D eigenvalue weighted by Crippen LogP contribution is -2.44. The highest BCUT2D eigenvalue weighted by Gasteiger charge is 2.41. The molecule has 1 N–H and O–H groups in total. The van der Waals surface area contributed by atoms with Crippen LogP contribution in [0.25, 0.3) is 0 Å². The normalized spacial score (nSPS) is 27.1. The highest BCUT2D eigenvalue weighted by molar-refractivity contribution is 5.37. The molecule has 0 atom stereocenters. The van der Waals surface area contributed by atoms with Crippen LogP contribution in [0, 0.1) is 5.92 Å². The van der Waals surface area contributed by atoms with Gasteiger partial charge >= 0.3 is 0 Å². The summed E-state index contributed by atoms with van der Waals surface area (Å²) in [6.07, 6.45) is 5.24. The predicted molar refractivity (Wildman–Crippen MR) is 79.1 cm³/mol. The Kier molecular flexibility index (Phi) is 4.90. The van der Waals surface area contributed by atoms with E-state index in [0.717, 1.165) is 11.1 Å². The zero-order chi connectivity index (χ0) is 14.4. The van der Waals surface area contributed by atoms with Crippen LogP contribution in [0.2, 0.25) is 0 Å². The molecule has 1 saturated heterocycles. The zero-order valence-electron chi connectivity index (χ0n) is 11.5. The van der Waals surface area contributed by atoms with Gasteiger partial charge in [0.25, 0.3) is 0 Å². The molecule has 0 saturated carbocycles. The first-order valence-electron chi connectivity index (χ1n) is 6.66. The lowest BCUT2D eigenvalue weighted by atomic mass is 9.94. The summed E-state index contributed by atoms with van der Waals surface area (Å²) < 4.78 is 12.0. The molecule has 1 heterocycles. The quantitative estimate of drug-likeness (QED) is 0.838. The minimum absolute atomic E-state index is 0.00151. The van der Waals surface area contributed by atoms with E-state index in [1.165, 1.54) is 0 Å². The Morgan fingerprint density at radius 3 is 2.40 bits per heavy atom. The van der Waals surface area contributed by atoms with Crippen molar-refractivity contribution in [2.24, 2.45) is 5.92 Å². The summed E-state index contributed by atoms with van der Waals surface area (Å²) in [6, 6.07) is 9.74. The minimum atomic E-state index is -0.969. The molecule has 0 spiro atoms. The maximum atomic E-state index is 9.22. The molecule has 1 aliphatic heterocycles. The fraction of sp³-hybridized carbons (Fsp3) is 0.294. The van der Waals surface area contributed by atoms with Gasteiger partial charge in [-0.05, 0) is 0 Å². The maximum absolute atomic E-state index is 9.22. The van der Waals surface area contributed by atoms with Crippen molar-refractivity contribution in [1.29, 1.82) is 0 Å². The Balaban J connectivity index is 2.42. The second kappa shape index (κ2) is 6.66. The van der Waals surface area contributed by atoms with Crippen molar-refractivity contribution in [2.45, 2.75) is 5.79 Å².